The van der Waals surface area contributed by atoms with Gasteiger partial charge in [-0.25, -0.2) is 0 Å². The van der Waals surface area contributed by atoms with Gasteiger partial charge in [-0.2, -0.15) is 4.73 Å². The molecule has 200 valence electrons. The molecule has 1 aliphatic heterocycles. The van der Waals surface area contributed by atoms with Crippen molar-refractivity contribution >= 4 is 29.3 Å². The largest absolute Gasteiger partial charge is 0.618 e. The summed E-state index contributed by atoms with van der Waals surface area (Å²) in [5.74, 6) is -0.896. The van der Waals surface area contributed by atoms with Crippen LogP contribution in [0.1, 0.15) is 48.8 Å². The van der Waals surface area contributed by atoms with Crippen LogP contribution in [0.25, 0.3) is 0 Å². The number of anilines is 1. The number of carboxylic acids is 1. The van der Waals surface area contributed by atoms with Gasteiger partial charge in [0, 0.05) is 41.5 Å². The van der Waals surface area contributed by atoms with Gasteiger partial charge in [0.15, 0.2) is 12.5 Å². The number of aliphatic hydroxyl groups is 1. The molecular formula is C28H30N2O7S. The molecule has 2 heterocycles. The van der Waals surface area contributed by atoms with Gasteiger partial charge in [0.1, 0.15) is 0 Å². The number of pyridine rings is 1. The Hall–Kier alpha value is -3.44. The van der Waals surface area contributed by atoms with Crippen molar-refractivity contribution in [2.75, 3.05) is 11.1 Å². The molecule has 1 aromatic heterocycles. The number of carboxylic acid groups (broad SMARTS) is 1. The molecule has 0 saturated carbocycles. The topological polar surface area (TPSA) is 132 Å². The zero-order chi connectivity index (χ0) is 27.1. The van der Waals surface area contributed by atoms with E-state index in [4.69, 9.17) is 14.6 Å². The molecule has 3 aromatic rings. The summed E-state index contributed by atoms with van der Waals surface area (Å²) in [6.07, 6.45) is -0.0977. The third-order valence-corrected chi connectivity index (χ3v) is 7.45. The highest BCUT2D eigenvalue weighted by Crippen LogP contribution is 2.43. The molecule has 2 aromatic carbocycles. The quantitative estimate of drug-likeness (QED) is 0.199. The number of hydrogen-bond acceptors (Lipinski definition) is 7. The Morgan fingerprint density at radius 1 is 1.00 bits per heavy atom. The van der Waals surface area contributed by atoms with Crippen LogP contribution in [0.2, 0.25) is 0 Å². The van der Waals surface area contributed by atoms with Crippen molar-refractivity contribution in [3.8, 4) is 0 Å². The summed E-state index contributed by atoms with van der Waals surface area (Å²) in [7, 11) is 0. The first-order valence-corrected chi connectivity index (χ1v) is 13.3. The van der Waals surface area contributed by atoms with Crippen LogP contribution in [0.5, 0.6) is 0 Å². The highest BCUT2D eigenvalue weighted by Gasteiger charge is 2.38. The Labute approximate surface area is 225 Å². The SMILES string of the molecule is C[C@H]1[C@@H](CSc2cccc[n+]2[O-])O[C@@H](c2ccc(NC(=O)CCC(=O)O)cc2)O[C@H]1c1ccc(CO)cc1. The molecule has 0 aliphatic carbocycles. The molecule has 0 bridgehead atoms. The highest BCUT2D eigenvalue weighted by atomic mass is 32.2. The molecule has 1 aliphatic rings. The molecule has 3 N–H and O–H groups in total. The van der Waals surface area contributed by atoms with Crippen LogP contribution >= 0.6 is 11.8 Å². The minimum Gasteiger partial charge on any atom is -0.618 e. The van der Waals surface area contributed by atoms with Gasteiger partial charge in [-0.05, 0) is 29.3 Å². The molecule has 9 nitrogen and oxygen atoms in total. The number of hydrogen-bond donors (Lipinski definition) is 3. The molecule has 10 heteroatoms. The Bertz CT molecular complexity index is 1240. The molecule has 1 fully saturated rings. The minimum absolute atomic E-state index is 0.0321. The van der Waals surface area contributed by atoms with Gasteiger partial charge in [-0.1, -0.05) is 55.1 Å². The molecular weight excluding hydrogens is 508 g/mol. The first-order chi connectivity index (χ1) is 18.3. The second-order valence-corrected chi connectivity index (χ2v) is 10.1. The molecule has 38 heavy (non-hydrogen) atoms. The van der Waals surface area contributed by atoms with Crippen molar-refractivity contribution in [1.29, 1.82) is 0 Å². The number of benzene rings is 2. The van der Waals surface area contributed by atoms with Crippen molar-refractivity contribution < 1.29 is 34.0 Å². The van der Waals surface area contributed by atoms with Gasteiger partial charge in [-0.3, -0.25) is 9.59 Å². The summed E-state index contributed by atoms with van der Waals surface area (Å²) in [5, 5.41) is 33.6. The van der Waals surface area contributed by atoms with Crippen LogP contribution in [0.3, 0.4) is 0 Å². The number of thioether (sulfide) groups is 1. The summed E-state index contributed by atoms with van der Waals surface area (Å²) in [6.45, 7) is 2.01. The molecule has 0 spiro atoms. The van der Waals surface area contributed by atoms with Crippen LogP contribution in [0.15, 0.2) is 78.0 Å². The van der Waals surface area contributed by atoms with E-state index in [9.17, 15) is 19.9 Å². The smallest absolute Gasteiger partial charge is 0.303 e. The van der Waals surface area contributed by atoms with Crippen molar-refractivity contribution in [3.63, 3.8) is 0 Å². The number of nitrogens with one attached hydrogen (secondary N) is 1. The van der Waals surface area contributed by atoms with Gasteiger partial charge < -0.3 is 30.2 Å². The lowest BCUT2D eigenvalue weighted by Crippen LogP contribution is -2.39. The second-order valence-electron chi connectivity index (χ2n) is 9.06. The van der Waals surface area contributed by atoms with Crippen LogP contribution < -0.4 is 10.0 Å². The molecule has 4 atom stereocenters. The zero-order valence-corrected chi connectivity index (χ0v) is 21.7. The zero-order valence-electron chi connectivity index (χ0n) is 20.9. The summed E-state index contributed by atoms with van der Waals surface area (Å²) < 4.78 is 13.6. The van der Waals surface area contributed by atoms with E-state index in [-0.39, 0.29) is 43.5 Å². The fraction of sp³-hybridized carbons (Fsp3) is 0.321. The molecule has 1 saturated heterocycles. The summed E-state index contributed by atoms with van der Waals surface area (Å²) in [5.41, 5.74) is 3.06. The van der Waals surface area contributed by atoms with Gasteiger partial charge in [-0.15, -0.1) is 0 Å². The highest BCUT2D eigenvalue weighted by molar-refractivity contribution is 7.99. The van der Waals surface area contributed by atoms with Crippen LogP contribution in [-0.4, -0.2) is 33.9 Å². The number of carbonyl (C=O) groups excluding carboxylic acids is 1. The number of ether oxygens (including phenoxy) is 2. The average Bonchev–Trinajstić information content (AvgIpc) is 2.92. The number of aromatic nitrogens is 1. The van der Waals surface area contributed by atoms with E-state index >= 15 is 0 Å². The Balaban J connectivity index is 1.52. The summed E-state index contributed by atoms with van der Waals surface area (Å²) in [4.78, 5) is 22.7. The molecule has 0 radical (unpaired) electrons. The first-order valence-electron chi connectivity index (χ1n) is 12.3. The normalized spacial score (nSPS) is 21.1. The first kappa shape index (κ1) is 27.6. The lowest BCUT2D eigenvalue weighted by molar-refractivity contribution is -0.645. The van der Waals surface area contributed by atoms with Gasteiger partial charge >= 0.3 is 5.97 Å². The number of amides is 1. The average molecular weight is 539 g/mol. The lowest BCUT2D eigenvalue weighted by atomic mass is 9.91. The maximum Gasteiger partial charge on any atom is 0.303 e. The van der Waals surface area contributed by atoms with E-state index in [1.54, 1.807) is 36.4 Å². The fourth-order valence-electron chi connectivity index (χ4n) is 4.17. The van der Waals surface area contributed by atoms with Crippen molar-refractivity contribution in [2.24, 2.45) is 5.92 Å². The van der Waals surface area contributed by atoms with Crippen LogP contribution in [0, 0.1) is 11.1 Å². The minimum atomic E-state index is -1.03. The van der Waals surface area contributed by atoms with Gasteiger partial charge in [0.05, 0.1) is 25.2 Å². The van der Waals surface area contributed by atoms with Crippen molar-refractivity contribution in [2.45, 2.75) is 49.9 Å². The van der Waals surface area contributed by atoms with Gasteiger partial charge in [0.2, 0.25) is 5.91 Å². The maximum absolute atomic E-state index is 12.1. The lowest BCUT2D eigenvalue weighted by Gasteiger charge is -2.41. The predicted molar refractivity (Wildman–Crippen MR) is 141 cm³/mol. The van der Waals surface area contributed by atoms with Crippen molar-refractivity contribution in [3.05, 3.63) is 94.8 Å². The Morgan fingerprint density at radius 3 is 2.37 bits per heavy atom. The summed E-state index contributed by atoms with van der Waals surface area (Å²) in [6, 6.07) is 19.9. The third kappa shape index (κ3) is 7.11. The van der Waals surface area contributed by atoms with E-state index in [0.29, 0.717) is 16.5 Å². The molecule has 1 amide bonds. The standard InChI is InChI=1S/C28H30N2O7S/c1-18-23(17-38-25-4-2-3-15-30(25)35)36-28(37-27(18)20-7-5-19(16-31)6-8-20)21-9-11-22(12-10-21)29-24(32)13-14-26(33)34/h2-12,15,18,23,27-28,31H,13-14,16-17H2,1H3,(H,29,32)(H,33,34)/t18-,23+,27+,28+/m0/s1. The summed E-state index contributed by atoms with van der Waals surface area (Å²) >= 11 is 1.42. The predicted octanol–water partition coefficient (Wildman–Crippen LogP) is 4.20. The fourth-order valence-corrected chi connectivity index (χ4v) is 5.25. The van der Waals surface area contributed by atoms with Gasteiger partial charge in [0.25, 0.3) is 5.03 Å². The molecule has 0 unspecified atom stereocenters. The Kier molecular flexibility index (Phi) is 9.35. The van der Waals surface area contributed by atoms with Crippen molar-refractivity contribution in [1.82, 2.24) is 0 Å². The Morgan fingerprint density at radius 2 is 1.71 bits per heavy atom. The van der Waals surface area contributed by atoms with E-state index < -0.39 is 12.3 Å². The van der Waals surface area contributed by atoms with Crippen LogP contribution in [-0.2, 0) is 25.7 Å². The van der Waals surface area contributed by atoms with E-state index in [2.05, 4.69) is 12.2 Å². The van der Waals surface area contributed by atoms with E-state index in [1.165, 1.54) is 18.0 Å². The number of rotatable bonds is 10. The second kappa shape index (κ2) is 12.9. The maximum atomic E-state index is 12.1. The van der Waals surface area contributed by atoms with E-state index in [1.807, 2.05) is 30.3 Å². The molecule has 4 rings (SSSR count). The third-order valence-electron chi connectivity index (χ3n) is 6.34. The number of carbonyl (C=O) groups is 2. The number of aliphatic carboxylic acids is 1. The number of nitrogens with zero attached hydrogens (tertiary/aromatic N) is 1. The number of aliphatic hydroxyl groups excluding tert-OH is 1. The van der Waals surface area contributed by atoms with Crippen LogP contribution in [0.4, 0.5) is 5.69 Å². The monoisotopic (exact) mass is 538 g/mol. The van der Waals surface area contributed by atoms with E-state index in [0.717, 1.165) is 21.4 Å².